The summed E-state index contributed by atoms with van der Waals surface area (Å²) in [6, 6.07) is 12.6. The maximum atomic E-state index is 8.73. The molecule has 0 saturated carbocycles. The third kappa shape index (κ3) is 5.50. The molecular formula is C19H28N2O2. The summed E-state index contributed by atoms with van der Waals surface area (Å²) in [7, 11) is 0. The Morgan fingerprint density at radius 3 is 2.57 bits per heavy atom. The number of hydrogen-bond donors (Lipinski definition) is 3. The van der Waals surface area contributed by atoms with Crippen LogP contribution in [0.1, 0.15) is 25.8 Å². The highest BCUT2D eigenvalue weighted by molar-refractivity contribution is 5.87. The van der Waals surface area contributed by atoms with Crippen molar-refractivity contribution < 1.29 is 9.84 Å². The highest BCUT2D eigenvalue weighted by Crippen LogP contribution is 2.28. The maximum absolute atomic E-state index is 8.73. The zero-order chi connectivity index (χ0) is 16.5. The van der Waals surface area contributed by atoms with Crippen LogP contribution in [0.15, 0.2) is 36.4 Å². The van der Waals surface area contributed by atoms with E-state index in [2.05, 4.69) is 60.9 Å². The van der Waals surface area contributed by atoms with E-state index in [-0.39, 0.29) is 12.7 Å². The molecular weight excluding hydrogens is 288 g/mol. The monoisotopic (exact) mass is 316 g/mol. The minimum atomic E-state index is 0.164. The van der Waals surface area contributed by atoms with Crippen molar-refractivity contribution in [2.45, 2.75) is 32.9 Å². The van der Waals surface area contributed by atoms with Gasteiger partial charge >= 0.3 is 0 Å². The Balaban J connectivity index is 2.01. The van der Waals surface area contributed by atoms with Gasteiger partial charge in [0, 0.05) is 18.7 Å². The second-order valence-corrected chi connectivity index (χ2v) is 5.93. The number of aliphatic hydroxyl groups is 1. The molecule has 4 nitrogen and oxygen atoms in total. The predicted octanol–water partition coefficient (Wildman–Crippen LogP) is 2.69. The molecule has 0 aliphatic heterocycles. The Kier molecular flexibility index (Phi) is 7.33. The van der Waals surface area contributed by atoms with Crippen molar-refractivity contribution >= 4 is 10.8 Å². The number of rotatable bonds is 10. The van der Waals surface area contributed by atoms with Gasteiger partial charge in [0.15, 0.2) is 0 Å². The second kappa shape index (κ2) is 9.50. The smallest absolute Gasteiger partial charge is 0.124 e. The van der Waals surface area contributed by atoms with Crippen molar-refractivity contribution in [3.05, 3.63) is 42.0 Å². The average molecular weight is 316 g/mol. The highest BCUT2D eigenvalue weighted by atomic mass is 16.5. The average Bonchev–Trinajstić information content (AvgIpc) is 2.55. The fraction of sp³-hybridized carbons (Fsp3) is 0.474. The Morgan fingerprint density at radius 2 is 1.78 bits per heavy atom. The lowest BCUT2D eigenvalue weighted by Crippen LogP contribution is -2.24. The van der Waals surface area contributed by atoms with Gasteiger partial charge in [0.05, 0.1) is 12.7 Å². The molecule has 0 heterocycles. The van der Waals surface area contributed by atoms with Crippen LogP contribution in [0, 0.1) is 0 Å². The van der Waals surface area contributed by atoms with Gasteiger partial charge in [-0.05, 0) is 50.2 Å². The maximum Gasteiger partial charge on any atom is 0.124 e. The van der Waals surface area contributed by atoms with Gasteiger partial charge in [-0.2, -0.15) is 0 Å². The van der Waals surface area contributed by atoms with Crippen LogP contribution in [-0.2, 0) is 6.54 Å². The van der Waals surface area contributed by atoms with Gasteiger partial charge in [0.1, 0.15) is 5.75 Å². The summed E-state index contributed by atoms with van der Waals surface area (Å²) >= 11 is 0. The van der Waals surface area contributed by atoms with Crippen molar-refractivity contribution in [1.29, 1.82) is 0 Å². The van der Waals surface area contributed by atoms with Gasteiger partial charge < -0.3 is 20.5 Å². The normalized spacial score (nSPS) is 11.3. The summed E-state index contributed by atoms with van der Waals surface area (Å²) in [5.74, 6) is 0.963. The van der Waals surface area contributed by atoms with Gasteiger partial charge in [0.25, 0.3) is 0 Å². The Morgan fingerprint density at radius 1 is 1.00 bits per heavy atom. The summed E-state index contributed by atoms with van der Waals surface area (Å²) in [5, 5.41) is 17.9. The molecule has 0 fully saturated rings. The summed E-state index contributed by atoms with van der Waals surface area (Å²) < 4.78 is 5.98. The van der Waals surface area contributed by atoms with E-state index in [4.69, 9.17) is 9.84 Å². The molecule has 3 N–H and O–H groups in total. The van der Waals surface area contributed by atoms with Crippen molar-refractivity contribution in [2.24, 2.45) is 0 Å². The topological polar surface area (TPSA) is 53.5 Å². The van der Waals surface area contributed by atoms with Crippen LogP contribution in [0.2, 0.25) is 0 Å². The zero-order valence-electron chi connectivity index (χ0n) is 14.1. The first-order valence-electron chi connectivity index (χ1n) is 8.42. The van der Waals surface area contributed by atoms with Crippen molar-refractivity contribution in [3.8, 4) is 5.75 Å². The summed E-state index contributed by atoms with van der Waals surface area (Å²) in [6.45, 7) is 7.61. The van der Waals surface area contributed by atoms with Gasteiger partial charge in [-0.25, -0.2) is 0 Å². The third-order valence-corrected chi connectivity index (χ3v) is 3.66. The van der Waals surface area contributed by atoms with E-state index in [1.54, 1.807) is 0 Å². The molecule has 0 bridgehead atoms. The first kappa shape index (κ1) is 17.7. The molecule has 126 valence electrons. The molecule has 0 amide bonds. The van der Waals surface area contributed by atoms with Crippen molar-refractivity contribution in [1.82, 2.24) is 10.6 Å². The van der Waals surface area contributed by atoms with Crippen molar-refractivity contribution in [2.75, 3.05) is 26.2 Å². The minimum absolute atomic E-state index is 0.164. The third-order valence-electron chi connectivity index (χ3n) is 3.66. The second-order valence-electron chi connectivity index (χ2n) is 5.93. The SMILES string of the molecule is CC(C)Oc1ccc2ccccc2c1CNCCCNCCO. The molecule has 0 saturated heterocycles. The van der Waals surface area contributed by atoms with E-state index in [1.165, 1.54) is 16.3 Å². The van der Waals surface area contributed by atoms with Crippen molar-refractivity contribution in [3.63, 3.8) is 0 Å². The molecule has 0 aliphatic rings. The molecule has 2 aromatic rings. The number of aliphatic hydroxyl groups excluding tert-OH is 1. The highest BCUT2D eigenvalue weighted by Gasteiger charge is 2.09. The molecule has 0 unspecified atom stereocenters. The van der Waals surface area contributed by atoms with Crippen LogP contribution in [0.3, 0.4) is 0 Å². The van der Waals surface area contributed by atoms with E-state index in [9.17, 15) is 0 Å². The van der Waals surface area contributed by atoms with Crippen LogP contribution < -0.4 is 15.4 Å². The quantitative estimate of drug-likeness (QED) is 0.590. The minimum Gasteiger partial charge on any atom is -0.491 e. The molecule has 2 rings (SSSR count). The number of hydrogen-bond acceptors (Lipinski definition) is 4. The Hall–Kier alpha value is -1.62. The van der Waals surface area contributed by atoms with Crippen LogP contribution >= 0.6 is 0 Å². The summed E-state index contributed by atoms with van der Waals surface area (Å²) in [4.78, 5) is 0. The molecule has 4 heteroatoms. The zero-order valence-corrected chi connectivity index (χ0v) is 14.1. The number of nitrogens with one attached hydrogen (secondary N) is 2. The van der Waals surface area contributed by atoms with E-state index >= 15 is 0 Å². The molecule has 23 heavy (non-hydrogen) atoms. The largest absolute Gasteiger partial charge is 0.491 e. The van der Waals surface area contributed by atoms with Crippen LogP contribution in [0.5, 0.6) is 5.75 Å². The molecule has 2 aromatic carbocycles. The fourth-order valence-corrected chi connectivity index (χ4v) is 2.62. The number of ether oxygens (including phenoxy) is 1. The van der Waals surface area contributed by atoms with Crippen LogP contribution in [0.4, 0.5) is 0 Å². The van der Waals surface area contributed by atoms with Crippen LogP contribution in [-0.4, -0.2) is 37.5 Å². The summed E-state index contributed by atoms with van der Waals surface area (Å²) in [6.07, 6.45) is 1.20. The van der Waals surface area contributed by atoms with E-state index in [1.807, 2.05) is 0 Å². The van der Waals surface area contributed by atoms with E-state index < -0.39 is 0 Å². The molecule has 0 aromatic heterocycles. The first-order chi connectivity index (χ1) is 11.2. The van der Waals surface area contributed by atoms with Gasteiger partial charge in [-0.15, -0.1) is 0 Å². The molecule has 0 spiro atoms. The van der Waals surface area contributed by atoms with Gasteiger partial charge in [-0.3, -0.25) is 0 Å². The predicted molar refractivity (Wildman–Crippen MR) is 96.0 cm³/mol. The number of fused-ring (bicyclic) bond motifs is 1. The summed E-state index contributed by atoms with van der Waals surface area (Å²) in [5.41, 5.74) is 1.22. The molecule has 0 atom stereocenters. The molecule has 0 aliphatic carbocycles. The first-order valence-corrected chi connectivity index (χ1v) is 8.42. The van der Waals surface area contributed by atoms with Gasteiger partial charge in [-0.1, -0.05) is 30.3 Å². The lowest BCUT2D eigenvalue weighted by Gasteiger charge is -2.17. The molecule has 0 radical (unpaired) electrons. The van der Waals surface area contributed by atoms with Gasteiger partial charge in [0.2, 0.25) is 0 Å². The lowest BCUT2D eigenvalue weighted by atomic mass is 10.0. The standard InChI is InChI=1S/C19H28N2O2/c1-15(2)23-19-9-8-16-6-3-4-7-17(16)18(19)14-21-11-5-10-20-12-13-22/h3-4,6-9,15,20-22H,5,10-14H2,1-2H3. The lowest BCUT2D eigenvalue weighted by molar-refractivity contribution is 0.240. The van der Waals surface area contributed by atoms with Crippen LogP contribution in [0.25, 0.3) is 10.8 Å². The number of benzene rings is 2. The fourth-order valence-electron chi connectivity index (χ4n) is 2.62. The van der Waals surface area contributed by atoms with E-state index in [0.717, 1.165) is 31.8 Å². The van der Waals surface area contributed by atoms with E-state index in [0.29, 0.717) is 6.54 Å². The Bertz CT molecular complexity index is 599. The Labute approximate surface area is 138 Å².